The molecule has 0 aliphatic rings. The molecule has 0 bridgehead atoms. The second-order valence-electron chi connectivity index (χ2n) is 2.12. The van der Waals surface area contributed by atoms with E-state index in [1.807, 2.05) is 32.9 Å². The SMILES string of the molecule is C=CC=Nc1cccnc1C.CC. The van der Waals surface area contributed by atoms with Crippen LogP contribution >= 0.6 is 0 Å². The monoisotopic (exact) mass is 176 g/mol. The van der Waals surface area contributed by atoms with Crippen LogP contribution in [-0.4, -0.2) is 11.2 Å². The molecule has 0 atom stereocenters. The molecule has 0 saturated heterocycles. The average molecular weight is 176 g/mol. The van der Waals surface area contributed by atoms with Crippen LogP contribution in [0.3, 0.4) is 0 Å². The molecule has 0 spiro atoms. The molecule has 1 aromatic rings. The van der Waals surface area contributed by atoms with Crippen molar-refractivity contribution in [2.75, 3.05) is 0 Å². The van der Waals surface area contributed by atoms with E-state index in [4.69, 9.17) is 0 Å². The highest BCUT2D eigenvalue weighted by Crippen LogP contribution is 2.13. The fourth-order valence-electron chi connectivity index (χ4n) is 0.745. The van der Waals surface area contributed by atoms with Crippen molar-refractivity contribution in [1.29, 1.82) is 0 Å². The first-order valence-electron chi connectivity index (χ1n) is 4.41. The predicted octanol–water partition coefficient (Wildman–Crippen LogP) is 3.30. The number of aryl methyl sites for hydroxylation is 1. The van der Waals surface area contributed by atoms with Crippen LogP contribution < -0.4 is 0 Å². The summed E-state index contributed by atoms with van der Waals surface area (Å²) in [5.41, 5.74) is 1.83. The van der Waals surface area contributed by atoms with E-state index in [2.05, 4.69) is 16.6 Å². The minimum absolute atomic E-state index is 0.896. The van der Waals surface area contributed by atoms with Crippen LogP contribution in [0.2, 0.25) is 0 Å². The first-order chi connectivity index (χ1) is 6.34. The number of aliphatic imine (C=N–C) groups is 1. The smallest absolute Gasteiger partial charge is 0.0841 e. The quantitative estimate of drug-likeness (QED) is 0.635. The molecule has 0 saturated carbocycles. The standard InChI is InChI=1S/C9H10N2.C2H6/c1-3-6-11-9-5-4-7-10-8(9)2;1-2/h3-7H,1H2,2H3;1-2H3. The van der Waals surface area contributed by atoms with Gasteiger partial charge in [0.1, 0.15) is 0 Å². The second kappa shape index (κ2) is 7.22. The van der Waals surface area contributed by atoms with Gasteiger partial charge in [0.2, 0.25) is 0 Å². The van der Waals surface area contributed by atoms with E-state index in [0.717, 1.165) is 11.4 Å². The van der Waals surface area contributed by atoms with Gasteiger partial charge in [-0.15, -0.1) is 0 Å². The Morgan fingerprint density at radius 1 is 1.46 bits per heavy atom. The summed E-state index contributed by atoms with van der Waals surface area (Å²) < 4.78 is 0. The summed E-state index contributed by atoms with van der Waals surface area (Å²) >= 11 is 0. The molecule has 2 heteroatoms. The van der Waals surface area contributed by atoms with Crippen molar-refractivity contribution in [2.45, 2.75) is 20.8 Å². The molecule has 0 amide bonds. The van der Waals surface area contributed by atoms with Crippen molar-refractivity contribution >= 4 is 11.9 Å². The van der Waals surface area contributed by atoms with E-state index in [-0.39, 0.29) is 0 Å². The summed E-state index contributed by atoms with van der Waals surface area (Å²) in [5.74, 6) is 0. The largest absolute Gasteiger partial charge is 0.259 e. The second-order valence-corrected chi connectivity index (χ2v) is 2.12. The maximum absolute atomic E-state index is 4.12. The maximum atomic E-state index is 4.12. The Bertz CT molecular complexity index is 277. The summed E-state index contributed by atoms with van der Waals surface area (Å²) in [7, 11) is 0. The molecule has 0 radical (unpaired) electrons. The molecule has 0 aromatic carbocycles. The Hall–Kier alpha value is -1.44. The molecular weight excluding hydrogens is 160 g/mol. The number of aromatic nitrogens is 1. The molecule has 0 N–H and O–H groups in total. The summed E-state index contributed by atoms with van der Waals surface area (Å²) in [6.07, 6.45) is 5.05. The van der Waals surface area contributed by atoms with Crippen molar-refractivity contribution in [3.8, 4) is 0 Å². The lowest BCUT2D eigenvalue weighted by Crippen LogP contribution is -1.78. The van der Waals surface area contributed by atoms with Crippen molar-refractivity contribution in [1.82, 2.24) is 4.98 Å². The van der Waals surface area contributed by atoms with Gasteiger partial charge >= 0.3 is 0 Å². The lowest BCUT2D eigenvalue weighted by molar-refractivity contribution is 1.19. The summed E-state index contributed by atoms with van der Waals surface area (Å²) in [4.78, 5) is 8.20. The highest BCUT2D eigenvalue weighted by molar-refractivity contribution is 5.73. The van der Waals surface area contributed by atoms with E-state index in [1.54, 1.807) is 18.5 Å². The van der Waals surface area contributed by atoms with E-state index in [0.29, 0.717) is 0 Å². The van der Waals surface area contributed by atoms with Gasteiger partial charge in [-0.1, -0.05) is 26.5 Å². The molecular formula is C11H16N2. The van der Waals surface area contributed by atoms with Gasteiger partial charge < -0.3 is 0 Å². The van der Waals surface area contributed by atoms with Gasteiger partial charge in [-0.2, -0.15) is 0 Å². The molecule has 2 nitrogen and oxygen atoms in total. The van der Waals surface area contributed by atoms with E-state index >= 15 is 0 Å². The van der Waals surface area contributed by atoms with Gasteiger partial charge in [0.15, 0.2) is 0 Å². The molecule has 1 aromatic heterocycles. The number of hydrogen-bond acceptors (Lipinski definition) is 2. The maximum Gasteiger partial charge on any atom is 0.0841 e. The molecule has 0 fully saturated rings. The normalized spacial score (nSPS) is 9.15. The number of nitrogens with zero attached hydrogens (tertiary/aromatic N) is 2. The van der Waals surface area contributed by atoms with Crippen molar-refractivity contribution in [3.05, 3.63) is 36.7 Å². The Balaban J connectivity index is 0.000000671. The van der Waals surface area contributed by atoms with Gasteiger partial charge in [0.25, 0.3) is 0 Å². The lowest BCUT2D eigenvalue weighted by atomic mass is 10.3. The highest BCUT2D eigenvalue weighted by Gasteiger charge is 1.91. The van der Waals surface area contributed by atoms with Crippen LogP contribution in [0, 0.1) is 6.92 Å². The predicted molar refractivity (Wildman–Crippen MR) is 58.7 cm³/mol. The zero-order valence-corrected chi connectivity index (χ0v) is 8.49. The van der Waals surface area contributed by atoms with E-state index in [9.17, 15) is 0 Å². The fraction of sp³-hybridized carbons (Fsp3) is 0.273. The zero-order valence-electron chi connectivity index (χ0n) is 8.49. The van der Waals surface area contributed by atoms with E-state index in [1.165, 1.54) is 0 Å². The summed E-state index contributed by atoms with van der Waals surface area (Å²) in [6.45, 7) is 9.46. The van der Waals surface area contributed by atoms with Crippen molar-refractivity contribution in [3.63, 3.8) is 0 Å². The zero-order chi connectivity index (χ0) is 10.1. The fourth-order valence-corrected chi connectivity index (χ4v) is 0.745. The number of hydrogen-bond donors (Lipinski definition) is 0. The van der Waals surface area contributed by atoms with Crippen LogP contribution in [0.25, 0.3) is 0 Å². The van der Waals surface area contributed by atoms with Crippen LogP contribution in [0.15, 0.2) is 36.0 Å². The molecule has 13 heavy (non-hydrogen) atoms. The molecule has 1 heterocycles. The third-order valence-electron chi connectivity index (χ3n) is 1.30. The third-order valence-corrected chi connectivity index (χ3v) is 1.30. The van der Waals surface area contributed by atoms with Crippen LogP contribution in [0.4, 0.5) is 5.69 Å². The first kappa shape index (κ1) is 11.6. The van der Waals surface area contributed by atoms with Gasteiger partial charge in [0, 0.05) is 12.4 Å². The molecule has 0 aliphatic heterocycles. The van der Waals surface area contributed by atoms with Gasteiger partial charge in [-0.25, -0.2) is 0 Å². The number of rotatable bonds is 2. The molecule has 1 rings (SSSR count). The van der Waals surface area contributed by atoms with Crippen LogP contribution in [0.1, 0.15) is 19.5 Å². The first-order valence-corrected chi connectivity index (χ1v) is 4.41. The lowest BCUT2D eigenvalue weighted by Gasteiger charge is -1.94. The molecule has 70 valence electrons. The van der Waals surface area contributed by atoms with Crippen molar-refractivity contribution < 1.29 is 0 Å². The van der Waals surface area contributed by atoms with Gasteiger partial charge in [-0.05, 0) is 19.1 Å². The summed E-state index contributed by atoms with van der Waals surface area (Å²) in [6, 6.07) is 3.78. The van der Waals surface area contributed by atoms with Gasteiger partial charge in [-0.3, -0.25) is 9.98 Å². The number of allylic oxidation sites excluding steroid dienone is 1. The molecule has 0 unspecified atom stereocenters. The van der Waals surface area contributed by atoms with Crippen LogP contribution in [0.5, 0.6) is 0 Å². The Morgan fingerprint density at radius 3 is 2.69 bits per heavy atom. The third kappa shape index (κ3) is 4.21. The Labute approximate surface area is 80.1 Å². The van der Waals surface area contributed by atoms with Crippen molar-refractivity contribution in [2.24, 2.45) is 4.99 Å². The summed E-state index contributed by atoms with van der Waals surface area (Å²) in [5, 5.41) is 0. The van der Waals surface area contributed by atoms with Crippen LogP contribution in [-0.2, 0) is 0 Å². The topological polar surface area (TPSA) is 25.2 Å². The minimum Gasteiger partial charge on any atom is -0.259 e. The Kier molecular flexibility index (Phi) is 6.42. The average Bonchev–Trinajstić information content (AvgIpc) is 2.20. The number of pyridine rings is 1. The van der Waals surface area contributed by atoms with E-state index < -0.39 is 0 Å². The van der Waals surface area contributed by atoms with Gasteiger partial charge in [0.05, 0.1) is 11.4 Å². The highest BCUT2D eigenvalue weighted by atomic mass is 14.8. The minimum atomic E-state index is 0.896. The Morgan fingerprint density at radius 2 is 2.15 bits per heavy atom. The molecule has 0 aliphatic carbocycles.